The van der Waals surface area contributed by atoms with Crippen molar-refractivity contribution in [1.29, 1.82) is 0 Å². The number of H-pyrrole nitrogens is 1. The van der Waals surface area contributed by atoms with Gasteiger partial charge in [-0.1, -0.05) is 6.42 Å². The van der Waals surface area contributed by atoms with Crippen LogP contribution in [-0.2, 0) is 16.6 Å². The molecule has 1 aliphatic rings. The molecule has 0 saturated carbocycles. The van der Waals surface area contributed by atoms with E-state index in [1.807, 2.05) is 0 Å². The molecule has 1 fully saturated rings. The van der Waals surface area contributed by atoms with Crippen LogP contribution in [0.2, 0.25) is 0 Å². The van der Waals surface area contributed by atoms with E-state index in [0.29, 0.717) is 13.1 Å². The van der Waals surface area contributed by atoms with Crippen LogP contribution in [0.15, 0.2) is 17.2 Å². The van der Waals surface area contributed by atoms with Gasteiger partial charge in [0.05, 0.1) is 4.90 Å². The van der Waals surface area contributed by atoms with Crippen LogP contribution in [0.25, 0.3) is 0 Å². The zero-order valence-electron chi connectivity index (χ0n) is 11.1. The Bertz CT molecular complexity index is 492. The average Bonchev–Trinajstić information content (AvgIpc) is 2.89. The fourth-order valence-electron chi connectivity index (χ4n) is 2.30. The smallest absolute Gasteiger partial charge is 0.242 e. The number of nitrogens with zero attached hydrogens (tertiary/aromatic N) is 1. The molecule has 6 nitrogen and oxygen atoms in total. The lowest BCUT2D eigenvalue weighted by Crippen LogP contribution is -2.37. The number of aromatic amines is 1. The monoisotopic (exact) mass is 286 g/mol. The molecule has 2 heterocycles. The molecule has 1 saturated heterocycles. The molecule has 108 valence electrons. The van der Waals surface area contributed by atoms with Gasteiger partial charge in [-0.15, -0.1) is 0 Å². The van der Waals surface area contributed by atoms with Crippen molar-refractivity contribution in [3.05, 3.63) is 18.0 Å². The van der Waals surface area contributed by atoms with Crippen molar-refractivity contribution in [3.8, 4) is 0 Å². The molecule has 1 aromatic heterocycles. The number of sulfonamides is 1. The standard InChI is InChI=1S/C12H22N4O2S/c13-9-11-8-12(10-14-11)19(17,18)15-4-7-16-5-2-1-3-6-16/h8,10,14-15H,1-7,9,13H2. The first kappa shape index (κ1) is 14.5. The summed E-state index contributed by atoms with van der Waals surface area (Å²) in [5, 5.41) is 0. The Morgan fingerprint density at radius 3 is 2.68 bits per heavy atom. The Morgan fingerprint density at radius 2 is 2.05 bits per heavy atom. The van der Waals surface area contributed by atoms with Crippen LogP contribution in [0, 0.1) is 0 Å². The molecule has 4 N–H and O–H groups in total. The van der Waals surface area contributed by atoms with E-state index in [2.05, 4.69) is 14.6 Å². The second-order valence-electron chi connectivity index (χ2n) is 4.86. The van der Waals surface area contributed by atoms with Crippen molar-refractivity contribution < 1.29 is 8.42 Å². The Morgan fingerprint density at radius 1 is 1.32 bits per heavy atom. The number of aromatic nitrogens is 1. The second kappa shape index (κ2) is 6.51. The summed E-state index contributed by atoms with van der Waals surface area (Å²) in [7, 11) is -3.41. The van der Waals surface area contributed by atoms with E-state index in [9.17, 15) is 8.42 Å². The summed E-state index contributed by atoms with van der Waals surface area (Å²) in [5.41, 5.74) is 6.17. The van der Waals surface area contributed by atoms with Gasteiger partial charge in [0, 0.05) is 31.5 Å². The highest BCUT2D eigenvalue weighted by Gasteiger charge is 2.16. The first-order valence-electron chi connectivity index (χ1n) is 6.71. The van der Waals surface area contributed by atoms with Crippen LogP contribution < -0.4 is 10.5 Å². The SMILES string of the molecule is NCc1cc(S(=O)(=O)NCCN2CCCCC2)c[nH]1. The van der Waals surface area contributed by atoms with Gasteiger partial charge in [0.25, 0.3) is 0 Å². The van der Waals surface area contributed by atoms with Crippen molar-refractivity contribution in [3.63, 3.8) is 0 Å². The molecule has 0 unspecified atom stereocenters. The topological polar surface area (TPSA) is 91.2 Å². The van der Waals surface area contributed by atoms with Gasteiger partial charge in [0.2, 0.25) is 10.0 Å². The lowest BCUT2D eigenvalue weighted by molar-refractivity contribution is 0.233. The molecule has 0 amide bonds. The van der Waals surface area contributed by atoms with Crippen molar-refractivity contribution >= 4 is 10.0 Å². The third-order valence-electron chi connectivity index (χ3n) is 3.42. The first-order chi connectivity index (χ1) is 9.12. The summed E-state index contributed by atoms with van der Waals surface area (Å²) >= 11 is 0. The summed E-state index contributed by atoms with van der Waals surface area (Å²) in [6.07, 6.45) is 5.19. The molecule has 0 spiro atoms. The predicted octanol–water partition coefficient (Wildman–Crippen LogP) is 0.238. The molecular weight excluding hydrogens is 264 g/mol. The van der Waals surface area contributed by atoms with E-state index >= 15 is 0 Å². The minimum absolute atomic E-state index is 0.256. The number of piperidine rings is 1. The van der Waals surface area contributed by atoms with Crippen molar-refractivity contribution in [1.82, 2.24) is 14.6 Å². The maximum Gasteiger partial charge on any atom is 0.242 e. The Labute approximate surface area is 114 Å². The lowest BCUT2D eigenvalue weighted by atomic mass is 10.1. The van der Waals surface area contributed by atoms with Gasteiger partial charge in [-0.25, -0.2) is 13.1 Å². The molecule has 19 heavy (non-hydrogen) atoms. The molecule has 0 radical (unpaired) electrons. The fraction of sp³-hybridized carbons (Fsp3) is 0.667. The predicted molar refractivity (Wildman–Crippen MR) is 74.2 cm³/mol. The minimum atomic E-state index is -3.41. The highest BCUT2D eigenvalue weighted by Crippen LogP contribution is 2.10. The maximum absolute atomic E-state index is 12.0. The number of rotatable bonds is 6. The summed E-state index contributed by atoms with van der Waals surface area (Å²) in [5.74, 6) is 0. The van der Waals surface area contributed by atoms with Gasteiger partial charge >= 0.3 is 0 Å². The van der Waals surface area contributed by atoms with Crippen molar-refractivity contribution in [2.45, 2.75) is 30.7 Å². The summed E-state index contributed by atoms with van der Waals surface area (Å²) in [4.78, 5) is 5.40. The molecule has 0 bridgehead atoms. The van der Waals surface area contributed by atoms with Crippen molar-refractivity contribution in [2.24, 2.45) is 5.73 Å². The number of nitrogens with one attached hydrogen (secondary N) is 2. The third kappa shape index (κ3) is 4.04. The zero-order chi connectivity index (χ0) is 13.7. The van der Waals surface area contributed by atoms with Gasteiger partial charge in [-0.05, 0) is 32.0 Å². The van der Waals surface area contributed by atoms with Crippen molar-refractivity contribution in [2.75, 3.05) is 26.2 Å². The Balaban J connectivity index is 1.83. The molecule has 0 atom stereocenters. The normalized spacial score (nSPS) is 17.7. The minimum Gasteiger partial charge on any atom is -0.363 e. The van der Waals surface area contributed by atoms with E-state index in [4.69, 9.17) is 5.73 Å². The van der Waals surface area contributed by atoms with Crippen LogP contribution >= 0.6 is 0 Å². The molecule has 0 aliphatic carbocycles. The number of likely N-dealkylation sites (tertiary alicyclic amines) is 1. The quantitative estimate of drug-likeness (QED) is 0.698. The second-order valence-corrected chi connectivity index (χ2v) is 6.63. The number of hydrogen-bond acceptors (Lipinski definition) is 4. The first-order valence-corrected chi connectivity index (χ1v) is 8.19. The molecule has 1 aliphatic heterocycles. The van der Waals surface area contributed by atoms with Gasteiger partial charge in [-0.3, -0.25) is 0 Å². The number of nitrogens with two attached hydrogens (primary N) is 1. The largest absolute Gasteiger partial charge is 0.363 e. The van der Waals surface area contributed by atoms with Gasteiger partial charge in [-0.2, -0.15) is 0 Å². The summed E-state index contributed by atoms with van der Waals surface area (Å²) in [6.45, 7) is 3.68. The maximum atomic E-state index is 12.0. The molecule has 7 heteroatoms. The zero-order valence-corrected chi connectivity index (χ0v) is 11.9. The fourth-order valence-corrected chi connectivity index (χ4v) is 3.33. The van der Waals surface area contributed by atoms with Gasteiger partial charge in [0.15, 0.2) is 0 Å². The van der Waals surface area contributed by atoms with Gasteiger partial charge in [0.1, 0.15) is 0 Å². The molecule has 1 aromatic rings. The Kier molecular flexibility index (Phi) is 4.98. The number of hydrogen-bond donors (Lipinski definition) is 3. The molecule has 2 rings (SSSR count). The van der Waals surface area contributed by atoms with Crippen LogP contribution in [0.4, 0.5) is 0 Å². The highest BCUT2D eigenvalue weighted by molar-refractivity contribution is 7.89. The van der Waals surface area contributed by atoms with E-state index in [0.717, 1.165) is 25.3 Å². The van der Waals surface area contributed by atoms with Gasteiger partial charge < -0.3 is 15.6 Å². The summed E-state index contributed by atoms with van der Waals surface area (Å²) in [6, 6.07) is 1.57. The van der Waals surface area contributed by atoms with Crippen LogP contribution in [0.5, 0.6) is 0 Å². The van der Waals surface area contributed by atoms with E-state index in [1.165, 1.54) is 25.5 Å². The van der Waals surface area contributed by atoms with E-state index in [-0.39, 0.29) is 4.90 Å². The third-order valence-corrected chi connectivity index (χ3v) is 4.86. The van der Waals surface area contributed by atoms with Crippen LogP contribution in [0.1, 0.15) is 25.0 Å². The lowest BCUT2D eigenvalue weighted by Gasteiger charge is -2.26. The summed E-state index contributed by atoms with van der Waals surface area (Å²) < 4.78 is 26.7. The molecule has 0 aromatic carbocycles. The Hall–Kier alpha value is -0.890. The van der Waals surface area contributed by atoms with Crippen LogP contribution in [-0.4, -0.2) is 44.5 Å². The van der Waals surface area contributed by atoms with E-state index in [1.54, 1.807) is 6.07 Å². The van der Waals surface area contributed by atoms with E-state index < -0.39 is 10.0 Å². The molecular formula is C12H22N4O2S. The average molecular weight is 286 g/mol. The van der Waals surface area contributed by atoms with Crippen LogP contribution in [0.3, 0.4) is 0 Å². The highest BCUT2D eigenvalue weighted by atomic mass is 32.2.